The number of hydrogen-bond donors (Lipinski definition) is 5. The minimum Gasteiger partial charge on any atom is -0.822 e. The zero-order valence-corrected chi connectivity index (χ0v) is 45.1. The first-order valence-corrected chi connectivity index (χ1v) is 11.2. The van der Waals surface area contributed by atoms with Gasteiger partial charge < -0.3 is 87.1 Å². The van der Waals surface area contributed by atoms with Crippen LogP contribution in [0.3, 0.4) is 0 Å². The van der Waals surface area contributed by atoms with E-state index in [4.69, 9.17) is 96.2 Å². The molecule has 0 spiro atoms. The molecule has 0 unspecified atom stereocenters. The molecular weight excluding hydrogens is 705 g/mol. The maximum atomic E-state index is 8.88. The summed E-state index contributed by atoms with van der Waals surface area (Å²) >= 11 is 0. The van der Waals surface area contributed by atoms with Gasteiger partial charge in [0, 0.05) is 0 Å². The smallest absolute Gasteiger partial charge is 0.822 e. The third kappa shape index (κ3) is 725. The summed E-state index contributed by atoms with van der Waals surface area (Å²) in [5.41, 5.74) is 0. The Kier molecular flexibility index (Phi) is 142. The van der Waals surface area contributed by atoms with Crippen molar-refractivity contribution in [2.24, 2.45) is 0 Å². The minimum absolute atomic E-state index is 0. The molecule has 5 N–H and O–H groups in total. The van der Waals surface area contributed by atoms with E-state index in [9.17, 15) is 0 Å². The van der Waals surface area contributed by atoms with E-state index in [1.54, 1.807) is 0 Å². The van der Waals surface area contributed by atoms with E-state index in [1.807, 2.05) is 0 Å². The van der Waals surface area contributed by atoms with E-state index in [0.717, 1.165) is 0 Å². The largest absolute Gasteiger partial charge is 1.00 e. The topological polar surface area (TPSA) is 417 Å². The maximum Gasteiger partial charge on any atom is 1.00 e. The van der Waals surface area contributed by atoms with Gasteiger partial charge in [-0.2, -0.15) is 23.5 Å². The molecule has 0 heterocycles. The summed E-state index contributed by atoms with van der Waals surface area (Å²) in [6, 6.07) is 0. The number of hydrogen-bond acceptors (Lipinski definition) is 15. The van der Waals surface area contributed by atoms with Gasteiger partial charge in [-0.15, -0.1) is 0 Å². The molecule has 0 bridgehead atoms. The van der Waals surface area contributed by atoms with Crippen molar-refractivity contribution in [1.29, 1.82) is 0 Å². The van der Waals surface area contributed by atoms with Crippen LogP contribution in [0.2, 0.25) is 0 Å². The molecule has 0 aromatic rings. The third-order valence-electron chi connectivity index (χ3n) is 0. The SMILES string of the molecule is O=P(O)(O)O.O=P([O-])(O)O.O=P([O-])([O-])[O-].O=P([O-])([O-])[O-].O=P([O-])([O-])[O-].[Na+].[Na+].[Na+].[Na+].[Na+].[Na+].[Na+].[Na+].[Na+].[Na+]. The standard InChI is InChI=1S/10Na.5H3O4P/c;;;;;;;;;;5*1-5(2,3)4/h;;;;;;;;;;5*(H3,1,2,3,4)/q10*+1;;;;;/p-10. The normalized spacial score (nSPS) is 8.43. The predicted octanol–water partition coefficient (Wildman–Crippen LogP) is -40.9. The van der Waals surface area contributed by atoms with Gasteiger partial charge in [-0.05, 0) is 0 Å². The Morgan fingerprint density at radius 1 is 0.314 bits per heavy atom. The van der Waals surface area contributed by atoms with Crippen LogP contribution in [0.25, 0.3) is 0 Å². The second-order valence-electron chi connectivity index (χ2n) is 2.35. The molecular formula is H5Na10O20P5. The molecule has 0 saturated heterocycles. The van der Waals surface area contributed by atoms with Gasteiger partial charge in [-0.3, -0.25) is 4.57 Å². The summed E-state index contributed by atoms with van der Waals surface area (Å²) in [7, 11) is -25.7. The molecule has 0 aromatic carbocycles. The van der Waals surface area contributed by atoms with Gasteiger partial charge in [-0.25, -0.2) is 4.57 Å². The summed E-state index contributed by atoms with van der Waals surface area (Å²) in [6.45, 7) is 0. The molecule has 160 valence electrons. The fourth-order valence-corrected chi connectivity index (χ4v) is 0. The van der Waals surface area contributed by atoms with Crippen LogP contribution in [0.15, 0.2) is 0 Å². The summed E-state index contributed by atoms with van der Waals surface area (Å²) in [6.07, 6.45) is 0. The predicted molar refractivity (Wildman–Crippen MR) is 49.1 cm³/mol. The van der Waals surface area contributed by atoms with Crippen molar-refractivity contribution in [3.8, 4) is 0 Å². The van der Waals surface area contributed by atoms with E-state index in [-0.39, 0.29) is 296 Å². The monoisotopic (exact) mass is 710 g/mol. The zero-order valence-electron chi connectivity index (χ0n) is 20.6. The molecule has 0 aliphatic rings. The number of rotatable bonds is 0. The Labute approximate surface area is 420 Å². The third-order valence-corrected chi connectivity index (χ3v) is 0. The molecule has 35 heavy (non-hydrogen) atoms. The average molecular weight is 710 g/mol. The van der Waals surface area contributed by atoms with Crippen LogP contribution in [0.1, 0.15) is 0 Å². The second kappa shape index (κ2) is 51.4. The first-order valence-electron chi connectivity index (χ1n) is 3.74. The van der Waals surface area contributed by atoms with Crippen molar-refractivity contribution >= 4 is 39.1 Å². The zero-order chi connectivity index (χ0) is 22.5. The molecule has 0 amide bonds. The first-order chi connectivity index (χ1) is 10.0. The molecule has 20 nitrogen and oxygen atoms in total. The van der Waals surface area contributed by atoms with Gasteiger partial charge in [-0.1, -0.05) is 0 Å². The van der Waals surface area contributed by atoms with Gasteiger partial charge >= 0.3 is 303 Å². The summed E-state index contributed by atoms with van der Waals surface area (Å²) in [4.78, 5) is 121. The Bertz CT molecular complexity index is 395. The molecule has 0 rings (SSSR count). The second-order valence-corrected chi connectivity index (χ2v) is 7.04. The van der Waals surface area contributed by atoms with Crippen LogP contribution in [-0.4, -0.2) is 24.5 Å². The van der Waals surface area contributed by atoms with Crippen LogP contribution in [0, 0.1) is 0 Å². The molecule has 0 aliphatic heterocycles. The van der Waals surface area contributed by atoms with E-state index >= 15 is 0 Å². The van der Waals surface area contributed by atoms with Crippen molar-refractivity contribution in [2.75, 3.05) is 0 Å². The fourth-order valence-electron chi connectivity index (χ4n) is 0. The Balaban J connectivity index is -0.0000000103. The summed E-state index contributed by atoms with van der Waals surface area (Å²) < 4.78 is 43.3. The molecule has 0 radical (unpaired) electrons. The molecule has 0 atom stereocenters. The summed E-state index contributed by atoms with van der Waals surface area (Å²) in [5, 5.41) is 0. The van der Waals surface area contributed by atoms with Crippen LogP contribution in [-0.2, 0) is 22.8 Å². The van der Waals surface area contributed by atoms with Crippen molar-refractivity contribution in [3.05, 3.63) is 0 Å². The minimum atomic E-state index is -5.39. The molecule has 0 fully saturated rings. The number of phosphoric acid groups is 5. The summed E-state index contributed by atoms with van der Waals surface area (Å²) in [5.74, 6) is 0. The van der Waals surface area contributed by atoms with Crippen LogP contribution >= 0.6 is 39.1 Å². The van der Waals surface area contributed by atoms with Crippen molar-refractivity contribution in [1.82, 2.24) is 0 Å². The molecule has 0 saturated carbocycles. The van der Waals surface area contributed by atoms with Crippen molar-refractivity contribution in [2.45, 2.75) is 0 Å². The van der Waals surface area contributed by atoms with Crippen molar-refractivity contribution in [3.63, 3.8) is 0 Å². The van der Waals surface area contributed by atoms with Crippen LogP contribution in [0.4, 0.5) is 0 Å². The van der Waals surface area contributed by atoms with Gasteiger partial charge in [0.25, 0.3) is 7.82 Å². The van der Waals surface area contributed by atoms with E-state index in [1.165, 1.54) is 0 Å². The van der Waals surface area contributed by atoms with Gasteiger partial charge in [0.15, 0.2) is 0 Å². The Hall–Kier alpha value is 10.6. The first kappa shape index (κ1) is 96.9. The van der Waals surface area contributed by atoms with Crippen LogP contribution < -0.4 is 345 Å². The van der Waals surface area contributed by atoms with Gasteiger partial charge in [0.1, 0.15) is 0 Å². The molecule has 35 heteroatoms. The quantitative estimate of drug-likeness (QED) is 0.115. The Morgan fingerprint density at radius 2 is 0.314 bits per heavy atom. The van der Waals surface area contributed by atoms with E-state index in [2.05, 4.69) is 0 Å². The van der Waals surface area contributed by atoms with E-state index in [0.29, 0.717) is 0 Å². The van der Waals surface area contributed by atoms with Crippen LogP contribution in [0.5, 0.6) is 0 Å². The molecule has 0 aliphatic carbocycles. The Morgan fingerprint density at radius 3 is 0.314 bits per heavy atom. The van der Waals surface area contributed by atoms with Crippen molar-refractivity contribution < 1.29 is 392 Å². The van der Waals surface area contributed by atoms with Gasteiger partial charge in [0.05, 0.1) is 0 Å². The van der Waals surface area contributed by atoms with Gasteiger partial charge in [0.2, 0.25) is 0 Å². The maximum absolute atomic E-state index is 8.88. The average Bonchev–Trinajstić information content (AvgIpc) is 1.79. The fraction of sp³-hybridized carbons (Fsp3) is 0. The van der Waals surface area contributed by atoms with E-state index < -0.39 is 39.1 Å². The molecule has 0 aromatic heterocycles.